The summed E-state index contributed by atoms with van der Waals surface area (Å²) in [4.78, 5) is 18.7. The zero-order valence-corrected chi connectivity index (χ0v) is 26.1. The predicted molar refractivity (Wildman–Crippen MR) is 173 cm³/mol. The number of hydrogen-bond donors (Lipinski definition) is 2. The van der Waals surface area contributed by atoms with E-state index in [-0.39, 0.29) is 11.7 Å². The highest BCUT2D eigenvalue weighted by molar-refractivity contribution is 7.98. The fourth-order valence-corrected chi connectivity index (χ4v) is 5.87. The molecule has 1 atom stereocenters. The van der Waals surface area contributed by atoms with Gasteiger partial charge in [0.15, 0.2) is 0 Å². The molecule has 1 aliphatic rings. The first-order valence-electron chi connectivity index (χ1n) is 15.0. The van der Waals surface area contributed by atoms with Crippen molar-refractivity contribution in [3.8, 4) is 11.5 Å². The molecule has 0 bridgehead atoms. The lowest BCUT2D eigenvalue weighted by atomic mass is 9.95. The number of benzene rings is 3. The van der Waals surface area contributed by atoms with Crippen molar-refractivity contribution in [2.24, 2.45) is 0 Å². The van der Waals surface area contributed by atoms with Gasteiger partial charge in [-0.3, -0.25) is 4.79 Å². The molecule has 0 saturated carbocycles. The summed E-state index contributed by atoms with van der Waals surface area (Å²) < 4.78 is 27.7. The molecule has 2 N–H and O–H groups in total. The van der Waals surface area contributed by atoms with Crippen LogP contribution in [0.3, 0.4) is 0 Å². The van der Waals surface area contributed by atoms with Crippen LogP contribution < -0.4 is 20.1 Å². The average molecular weight is 616 g/mol. The largest absolute Gasteiger partial charge is 0.494 e. The summed E-state index contributed by atoms with van der Waals surface area (Å²) in [7, 11) is 0. The Bertz CT molecular complexity index is 1600. The van der Waals surface area contributed by atoms with E-state index in [1.807, 2.05) is 68.4 Å². The maximum Gasteiger partial charge on any atom is 0.255 e. The van der Waals surface area contributed by atoms with Gasteiger partial charge in [-0.05, 0) is 61.7 Å². The number of carbonyl (C=O) groups is 1. The van der Waals surface area contributed by atoms with Gasteiger partial charge >= 0.3 is 0 Å². The maximum absolute atomic E-state index is 14.3. The Balaban J connectivity index is 1.44. The second-order valence-corrected chi connectivity index (χ2v) is 11.4. The van der Waals surface area contributed by atoms with Crippen molar-refractivity contribution < 1.29 is 18.7 Å². The Morgan fingerprint density at radius 3 is 2.55 bits per heavy atom. The predicted octanol–water partition coefficient (Wildman–Crippen LogP) is 7.99. The number of anilines is 2. The topological polar surface area (TPSA) is 90.3 Å². The maximum atomic E-state index is 14.3. The van der Waals surface area contributed by atoms with Crippen molar-refractivity contribution in [3.05, 3.63) is 101 Å². The van der Waals surface area contributed by atoms with Crippen molar-refractivity contribution in [2.45, 2.75) is 63.4 Å². The minimum atomic E-state index is -0.570. The van der Waals surface area contributed by atoms with Crippen LogP contribution in [0.4, 0.5) is 16.0 Å². The van der Waals surface area contributed by atoms with Crippen LogP contribution in [-0.4, -0.2) is 33.9 Å². The number of nitrogens with one attached hydrogen (secondary N) is 2. The Morgan fingerprint density at radius 2 is 1.77 bits per heavy atom. The van der Waals surface area contributed by atoms with Gasteiger partial charge in [-0.1, -0.05) is 80.4 Å². The van der Waals surface area contributed by atoms with Gasteiger partial charge in [0.2, 0.25) is 11.1 Å². The van der Waals surface area contributed by atoms with Gasteiger partial charge in [0, 0.05) is 11.4 Å². The minimum absolute atomic E-state index is 0.267. The van der Waals surface area contributed by atoms with E-state index in [9.17, 15) is 9.18 Å². The van der Waals surface area contributed by atoms with E-state index in [0.717, 1.165) is 24.2 Å². The van der Waals surface area contributed by atoms with E-state index in [0.29, 0.717) is 58.3 Å². The van der Waals surface area contributed by atoms with Crippen LogP contribution >= 0.6 is 11.8 Å². The number of amides is 1. The van der Waals surface area contributed by atoms with E-state index < -0.39 is 6.04 Å². The van der Waals surface area contributed by atoms with Crippen molar-refractivity contribution in [3.63, 3.8) is 0 Å². The van der Waals surface area contributed by atoms with Crippen LogP contribution in [0, 0.1) is 5.82 Å². The molecular weight excluding hydrogens is 577 g/mol. The molecular formula is C34H38FN5O3S. The van der Waals surface area contributed by atoms with Crippen LogP contribution in [0.15, 0.2) is 89.2 Å². The van der Waals surface area contributed by atoms with E-state index >= 15 is 0 Å². The van der Waals surface area contributed by atoms with Gasteiger partial charge in [-0.2, -0.15) is 4.98 Å². The molecule has 0 radical (unpaired) electrons. The summed E-state index contributed by atoms with van der Waals surface area (Å²) in [6.45, 7) is 7.08. The minimum Gasteiger partial charge on any atom is -0.494 e. The number of rotatable bonds is 14. The zero-order chi connectivity index (χ0) is 30.9. The number of halogens is 1. The molecule has 0 aliphatic carbocycles. The third-order valence-corrected chi connectivity index (χ3v) is 8.18. The lowest BCUT2D eigenvalue weighted by Crippen LogP contribution is -2.31. The molecule has 5 rings (SSSR count). The van der Waals surface area contributed by atoms with E-state index in [1.165, 1.54) is 30.7 Å². The molecule has 2 heterocycles. The Labute approximate surface area is 262 Å². The molecule has 1 amide bonds. The highest BCUT2D eigenvalue weighted by atomic mass is 32.2. The summed E-state index contributed by atoms with van der Waals surface area (Å²) in [5.74, 6) is 1.69. The number of thioether (sulfide) groups is 1. The van der Waals surface area contributed by atoms with E-state index in [1.54, 1.807) is 16.8 Å². The number of aromatic nitrogens is 3. The molecule has 44 heavy (non-hydrogen) atoms. The summed E-state index contributed by atoms with van der Waals surface area (Å²) in [5.41, 5.74) is 3.15. The number of unbranched alkanes of at least 4 members (excludes halogenated alkanes) is 3. The number of nitrogens with zero attached hydrogens (tertiary/aromatic N) is 3. The lowest BCUT2D eigenvalue weighted by molar-refractivity contribution is -0.113. The van der Waals surface area contributed by atoms with Crippen LogP contribution in [0.2, 0.25) is 0 Å². The number of para-hydroxylation sites is 2. The zero-order valence-electron chi connectivity index (χ0n) is 25.3. The molecule has 0 saturated heterocycles. The van der Waals surface area contributed by atoms with Gasteiger partial charge in [-0.15, -0.1) is 5.10 Å². The SMILES string of the molecule is CCCCCCOc1ccc(C2C(C(=O)Nc3ccccc3OCC)=C(C)Nc3nc(SCc4ccccc4F)nn32)cc1. The molecule has 3 aromatic carbocycles. The fourth-order valence-electron chi connectivity index (χ4n) is 5.06. The summed E-state index contributed by atoms with van der Waals surface area (Å²) in [6.07, 6.45) is 4.53. The first-order chi connectivity index (χ1) is 21.5. The van der Waals surface area contributed by atoms with E-state index in [2.05, 4.69) is 17.6 Å². The van der Waals surface area contributed by atoms with Crippen molar-refractivity contribution in [2.75, 3.05) is 23.8 Å². The van der Waals surface area contributed by atoms with Gasteiger partial charge in [-0.25, -0.2) is 9.07 Å². The summed E-state index contributed by atoms with van der Waals surface area (Å²) in [5, 5.41) is 11.6. The molecule has 1 aromatic heterocycles. The first-order valence-corrected chi connectivity index (χ1v) is 16.0. The molecule has 1 aliphatic heterocycles. The molecule has 8 nitrogen and oxygen atoms in total. The van der Waals surface area contributed by atoms with Gasteiger partial charge in [0.05, 0.1) is 24.5 Å². The normalized spacial score (nSPS) is 14.1. The van der Waals surface area contributed by atoms with Crippen molar-refractivity contribution >= 4 is 29.3 Å². The highest BCUT2D eigenvalue weighted by Gasteiger charge is 2.34. The van der Waals surface area contributed by atoms with Crippen molar-refractivity contribution in [1.29, 1.82) is 0 Å². The van der Waals surface area contributed by atoms with Gasteiger partial charge in [0.1, 0.15) is 23.4 Å². The standard InChI is InChI=1S/C34H38FN5O3S/c1-4-6-7-12-21-43-26-19-17-24(18-20-26)31-30(32(41)37-28-15-10-11-16-29(28)42-5-2)23(3)36-33-38-34(39-40(31)33)44-22-25-13-8-9-14-27(25)35/h8-11,13-20,31H,4-7,12,21-22H2,1-3H3,(H,37,41)(H,36,38,39). The highest BCUT2D eigenvalue weighted by Crippen LogP contribution is 2.38. The van der Waals surface area contributed by atoms with Gasteiger partial charge in [0.25, 0.3) is 5.91 Å². The monoisotopic (exact) mass is 615 g/mol. The molecule has 10 heteroatoms. The smallest absolute Gasteiger partial charge is 0.255 e. The molecule has 0 fully saturated rings. The van der Waals surface area contributed by atoms with E-state index in [4.69, 9.17) is 19.6 Å². The van der Waals surface area contributed by atoms with Crippen LogP contribution in [0.1, 0.15) is 63.6 Å². The van der Waals surface area contributed by atoms with Crippen LogP contribution in [-0.2, 0) is 10.5 Å². The fraction of sp³-hybridized carbons (Fsp3) is 0.324. The second kappa shape index (κ2) is 14.9. The third kappa shape index (κ3) is 7.42. The Morgan fingerprint density at radius 1 is 1.00 bits per heavy atom. The number of allylic oxidation sites excluding steroid dienone is 1. The number of ether oxygens (including phenoxy) is 2. The lowest BCUT2D eigenvalue weighted by Gasteiger charge is -2.29. The summed E-state index contributed by atoms with van der Waals surface area (Å²) >= 11 is 1.34. The molecule has 230 valence electrons. The Kier molecular flexibility index (Phi) is 10.6. The van der Waals surface area contributed by atoms with Crippen molar-refractivity contribution in [1.82, 2.24) is 14.8 Å². The quantitative estimate of drug-likeness (QED) is 0.110. The second-order valence-electron chi connectivity index (χ2n) is 10.5. The van der Waals surface area contributed by atoms with Crippen LogP contribution in [0.25, 0.3) is 0 Å². The first kappa shape index (κ1) is 31.1. The van der Waals surface area contributed by atoms with Crippen LogP contribution in [0.5, 0.6) is 11.5 Å². The van der Waals surface area contributed by atoms with Gasteiger partial charge < -0.3 is 20.1 Å². The number of fused-ring (bicyclic) bond motifs is 1. The number of carbonyl (C=O) groups excluding carboxylic acids is 1. The summed E-state index contributed by atoms with van der Waals surface area (Å²) in [6, 6.07) is 21.2. The average Bonchev–Trinajstić information content (AvgIpc) is 3.43. The molecule has 4 aromatic rings. The Hall–Kier alpha value is -4.31. The molecule has 0 spiro atoms. The number of hydrogen-bond acceptors (Lipinski definition) is 7. The molecule has 1 unspecified atom stereocenters. The third-order valence-electron chi connectivity index (χ3n) is 7.29.